The molecule has 0 atom stereocenters. The smallest absolute Gasteiger partial charge is 0.392 e. The van der Waals surface area contributed by atoms with Gasteiger partial charge in [-0.05, 0) is 56.2 Å². The summed E-state index contributed by atoms with van der Waals surface area (Å²) in [6.45, 7) is 2.81. The van der Waals surface area contributed by atoms with Crippen LogP contribution in [0.2, 0.25) is 10.0 Å². The number of rotatable bonds is 7. The fourth-order valence-electron chi connectivity index (χ4n) is 4.29. The van der Waals surface area contributed by atoms with Crippen molar-refractivity contribution in [1.29, 1.82) is 0 Å². The number of hydrogen-bond acceptors (Lipinski definition) is 3. The molecule has 1 aliphatic rings. The lowest BCUT2D eigenvalue weighted by atomic mass is 10.1. The van der Waals surface area contributed by atoms with E-state index in [9.17, 15) is 18.0 Å². The summed E-state index contributed by atoms with van der Waals surface area (Å²) < 4.78 is 45.5. The molecule has 4 rings (SSSR count). The third kappa shape index (κ3) is 6.17. The maximum absolute atomic E-state index is 13.3. The first-order valence-electron chi connectivity index (χ1n) is 11.7. The minimum absolute atomic E-state index is 0.259. The molecule has 0 spiro atoms. The quantitative estimate of drug-likeness (QED) is 0.344. The van der Waals surface area contributed by atoms with E-state index in [4.69, 9.17) is 27.9 Å². The second kappa shape index (κ2) is 11.2. The van der Waals surface area contributed by atoms with Crippen molar-refractivity contribution in [3.63, 3.8) is 0 Å². The molecule has 36 heavy (non-hydrogen) atoms. The lowest BCUT2D eigenvalue weighted by Crippen LogP contribution is -2.45. The zero-order chi connectivity index (χ0) is 25.9. The van der Waals surface area contributed by atoms with E-state index in [2.05, 4.69) is 5.43 Å². The highest BCUT2D eigenvalue weighted by molar-refractivity contribution is 6.36. The van der Waals surface area contributed by atoms with E-state index in [1.54, 1.807) is 60.0 Å². The van der Waals surface area contributed by atoms with Crippen molar-refractivity contribution in [2.75, 3.05) is 19.7 Å². The first-order chi connectivity index (χ1) is 17.1. The Bertz CT molecular complexity index is 1240. The summed E-state index contributed by atoms with van der Waals surface area (Å²) in [4.78, 5) is 13.3. The monoisotopic (exact) mass is 539 g/mol. The number of carbonyl (C=O) groups is 1. The van der Waals surface area contributed by atoms with Crippen LogP contribution < -0.4 is 10.2 Å². The van der Waals surface area contributed by atoms with Gasteiger partial charge in [0.2, 0.25) is 0 Å². The van der Waals surface area contributed by atoms with Crippen molar-refractivity contribution in [2.45, 2.75) is 38.8 Å². The van der Waals surface area contributed by atoms with Gasteiger partial charge in [0.1, 0.15) is 5.75 Å². The van der Waals surface area contributed by atoms with Crippen LogP contribution in [0.5, 0.6) is 5.75 Å². The SMILES string of the molecule is Cc1c(C(=O)NN2CCCCC2)cc(-c2ccc(Cl)cc2Cl)n1-c1ccccc1OCCC(F)(F)F. The molecule has 1 fully saturated rings. The van der Waals surface area contributed by atoms with Gasteiger partial charge in [0, 0.05) is 29.4 Å². The van der Waals surface area contributed by atoms with E-state index in [1.165, 1.54) is 0 Å². The zero-order valence-corrected chi connectivity index (χ0v) is 21.2. The normalized spacial score (nSPS) is 14.6. The highest BCUT2D eigenvalue weighted by Gasteiger charge is 2.28. The van der Waals surface area contributed by atoms with Crippen LogP contribution in [0.4, 0.5) is 13.2 Å². The largest absolute Gasteiger partial charge is 0.491 e. The summed E-state index contributed by atoms with van der Waals surface area (Å²) in [6, 6.07) is 13.5. The van der Waals surface area contributed by atoms with Crippen LogP contribution in [0.15, 0.2) is 48.5 Å². The average molecular weight is 540 g/mol. The average Bonchev–Trinajstić information content (AvgIpc) is 3.16. The Morgan fingerprint density at radius 2 is 1.78 bits per heavy atom. The lowest BCUT2D eigenvalue weighted by molar-refractivity contribution is -0.139. The number of hydrogen-bond donors (Lipinski definition) is 1. The molecule has 1 aliphatic heterocycles. The first-order valence-corrected chi connectivity index (χ1v) is 12.4. The van der Waals surface area contributed by atoms with Gasteiger partial charge in [-0.25, -0.2) is 5.01 Å². The number of amides is 1. The van der Waals surface area contributed by atoms with Gasteiger partial charge < -0.3 is 9.30 Å². The minimum Gasteiger partial charge on any atom is -0.491 e. The number of benzene rings is 2. The van der Waals surface area contributed by atoms with Gasteiger partial charge in [0.15, 0.2) is 0 Å². The molecule has 0 aliphatic carbocycles. The van der Waals surface area contributed by atoms with Crippen LogP contribution in [-0.2, 0) is 0 Å². The fourth-order valence-corrected chi connectivity index (χ4v) is 4.80. The van der Waals surface area contributed by atoms with Gasteiger partial charge in [-0.1, -0.05) is 41.8 Å². The molecule has 5 nitrogen and oxygen atoms in total. The molecule has 0 bridgehead atoms. The zero-order valence-electron chi connectivity index (χ0n) is 19.7. The van der Waals surface area contributed by atoms with Crippen molar-refractivity contribution >= 4 is 29.1 Å². The highest BCUT2D eigenvalue weighted by atomic mass is 35.5. The predicted molar refractivity (Wildman–Crippen MR) is 135 cm³/mol. The maximum atomic E-state index is 13.3. The predicted octanol–water partition coefficient (Wildman–Crippen LogP) is 7.22. The molecule has 1 aromatic heterocycles. The van der Waals surface area contributed by atoms with Crippen LogP contribution in [0.1, 0.15) is 41.7 Å². The number of para-hydroxylation sites is 2. The minimum atomic E-state index is -4.33. The number of nitrogens with zero attached hydrogens (tertiary/aromatic N) is 2. The standard InChI is InChI=1S/C26H26Cl2F3N3O2/c1-17-20(25(35)32-33-12-5-2-6-13-33)16-23(19-10-9-18(27)15-21(19)28)34(17)22-7-3-4-8-24(22)36-14-11-26(29,30)31/h3-4,7-10,15-16H,2,5-6,11-14H2,1H3,(H,32,35). The molecule has 0 radical (unpaired) electrons. The van der Waals surface area contributed by atoms with Crippen molar-refractivity contribution < 1.29 is 22.7 Å². The van der Waals surface area contributed by atoms with Crippen LogP contribution in [0.25, 0.3) is 16.9 Å². The van der Waals surface area contributed by atoms with Gasteiger partial charge in [0.25, 0.3) is 5.91 Å². The Morgan fingerprint density at radius 3 is 2.47 bits per heavy atom. The molecule has 10 heteroatoms. The molecule has 3 aromatic rings. The summed E-state index contributed by atoms with van der Waals surface area (Å²) in [5.41, 5.74) is 5.70. The van der Waals surface area contributed by atoms with Gasteiger partial charge in [0.05, 0.1) is 35.0 Å². The molecule has 0 saturated carbocycles. The van der Waals surface area contributed by atoms with Crippen LogP contribution in [0.3, 0.4) is 0 Å². The van der Waals surface area contributed by atoms with Crippen LogP contribution in [-0.4, -0.2) is 41.4 Å². The molecular formula is C26H26Cl2F3N3O2. The molecule has 2 aromatic carbocycles. The van der Waals surface area contributed by atoms with E-state index in [1.807, 2.05) is 5.01 Å². The van der Waals surface area contributed by atoms with Crippen molar-refractivity contribution in [3.8, 4) is 22.7 Å². The van der Waals surface area contributed by atoms with Crippen molar-refractivity contribution in [3.05, 3.63) is 69.8 Å². The van der Waals surface area contributed by atoms with E-state index in [0.29, 0.717) is 38.2 Å². The van der Waals surface area contributed by atoms with Crippen molar-refractivity contribution in [1.82, 2.24) is 15.0 Å². The van der Waals surface area contributed by atoms with Crippen LogP contribution >= 0.6 is 23.2 Å². The Balaban J connectivity index is 1.78. The first kappa shape index (κ1) is 26.4. The number of alkyl halides is 3. The number of carbonyl (C=O) groups excluding carboxylic acids is 1. The molecule has 1 amide bonds. The number of hydrazine groups is 1. The van der Waals surface area contributed by atoms with Crippen molar-refractivity contribution in [2.24, 2.45) is 0 Å². The van der Waals surface area contributed by atoms with Gasteiger partial charge in [-0.15, -0.1) is 0 Å². The van der Waals surface area contributed by atoms with Crippen LogP contribution in [0, 0.1) is 6.92 Å². The third-order valence-electron chi connectivity index (χ3n) is 6.06. The number of piperidine rings is 1. The number of ether oxygens (including phenoxy) is 1. The summed E-state index contributed by atoms with van der Waals surface area (Å²) in [7, 11) is 0. The fraction of sp³-hybridized carbons (Fsp3) is 0.346. The summed E-state index contributed by atoms with van der Waals surface area (Å²) in [5.74, 6) is -0.00951. The van der Waals surface area contributed by atoms with Gasteiger partial charge >= 0.3 is 6.18 Å². The highest BCUT2D eigenvalue weighted by Crippen LogP contribution is 2.37. The van der Waals surface area contributed by atoms with Gasteiger partial charge in [-0.2, -0.15) is 13.2 Å². The van der Waals surface area contributed by atoms with Gasteiger partial charge in [-0.3, -0.25) is 10.2 Å². The molecule has 1 saturated heterocycles. The summed E-state index contributed by atoms with van der Waals surface area (Å²) in [6.07, 6.45) is -2.26. The summed E-state index contributed by atoms with van der Waals surface area (Å²) in [5, 5.41) is 2.74. The second-order valence-corrected chi connectivity index (χ2v) is 9.50. The molecule has 0 unspecified atom stereocenters. The number of nitrogens with one attached hydrogen (secondary N) is 1. The third-order valence-corrected chi connectivity index (χ3v) is 6.61. The Morgan fingerprint density at radius 1 is 1.06 bits per heavy atom. The molecular weight excluding hydrogens is 514 g/mol. The van der Waals surface area contributed by atoms with E-state index < -0.39 is 19.2 Å². The molecule has 1 N–H and O–H groups in total. The number of aromatic nitrogens is 1. The topological polar surface area (TPSA) is 46.5 Å². The Kier molecular flexibility index (Phi) is 8.17. The van der Waals surface area contributed by atoms with E-state index >= 15 is 0 Å². The molecule has 192 valence electrons. The summed E-state index contributed by atoms with van der Waals surface area (Å²) >= 11 is 12.6. The molecule has 2 heterocycles. The second-order valence-electron chi connectivity index (χ2n) is 8.66. The Labute approximate surface area is 217 Å². The number of halogens is 5. The van der Waals surface area contributed by atoms with E-state index in [0.717, 1.165) is 32.4 Å². The Hall–Kier alpha value is -2.68. The lowest BCUT2D eigenvalue weighted by Gasteiger charge is -2.26. The maximum Gasteiger partial charge on any atom is 0.392 e. The van der Waals surface area contributed by atoms with E-state index in [-0.39, 0.29) is 11.7 Å².